The molecule has 6 heteroatoms. The molecule has 0 spiro atoms. The number of hydrogen-bond donors (Lipinski definition) is 2. The summed E-state index contributed by atoms with van der Waals surface area (Å²) in [6.07, 6.45) is 1.44. The van der Waals surface area contributed by atoms with Crippen LogP contribution in [-0.4, -0.2) is 11.1 Å². The first-order valence-corrected chi connectivity index (χ1v) is 9.91. The summed E-state index contributed by atoms with van der Waals surface area (Å²) in [7, 11) is 0. The van der Waals surface area contributed by atoms with Gasteiger partial charge in [0.05, 0.1) is 12.7 Å². The maximum absolute atomic E-state index is 15.2. The van der Waals surface area contributed by atoms with Gasteiger partial charge in [-0.1, -0.05) is 36.4 Å². The summed E-state index contributed by atoms with van der Waals surface area (Å²) in [5, 5.41) is 9.93. The van der Waals surface area contributed by atoms with Crippen LogP contribution in [0.25, 0.3) is 22.1 Å². The van der Waals surface area contributed by atoms with Crippen LogP contribution in [0.1, 0.15) is 29.7 Å². The number of carbonyl (C=O) groups is 1. The summed E-state index contributed by atoms with van der Waals surface area (Å²) in [5.41, 5.74) is 9.35. The molecule has 0 unspecified atom stereocenters. The lowest BCUT2D eigenvalue weighted by atomic mass is 9.96. The van der Waals surface area contributed by atoms with Gasteiger partial charge in [0, 0.05) is 33.7 Å². The Bertz CT molecular complexity index is 1250. The van der Waals surface area contributed by atoms with Gasteiger partial charge in [-0.2, -0.15) is 0 Å². The van der Waals surface area contributed by atoms with E-state index in [0.29, 0.717) is 33.6 Å². The molecule has 31 heavy (non-hydrogen) atoms. The van der Waals surface area contributed by atoms with E-state index in [1.807, 2.05) is 18.2 Å². The molecule has 5 nitrogen and oxygen atoms in total. The van der Waals surface area contributed by atoms with Gasteiger partial charge in [0.1, 0.15) is 23.8 Å². The molecule has 0 bridgehead atoms. The SMILES string of the molecule is C[C@H](N)c1cccc(-c2cc(COc3ccccc3CC(=O)O)cc3ccoc23)c1F. The van der Waals surface area contributed by atoms with Crippen LogP contribution in [0, 0.1) is 5.82 Å². The molecule has 4 rings (SSSR count). The maximum atomic E-state index is 15.2. The zero-order chi connectivity index (χ0) is 22.0. The molecule has 1 aromatic heterocycles. The van der Waals surface area contributed by atoms with E-state index in [1.54, 1.807) is 55.7 Å². The second-order valence-electron chi connectivity index (χ2n) is 7.45. The Morgan fingerprint density at radius 2 is 1.94 bits per heavy atom. The average molecular weight is 419 g/mol. The first kappa shape index (κ1) is 20.6. The third-order valence-electron chi connectivity index (χ3n) is 5.13. The third kappa shape index (κ3) is 4.29. The Balaban J connectivity index is 1.71. The number of para-hydroxylation sites is 1. The van der Waals surface area contributed by atoms with Gasteiger partial charge >= 0.3 is 5.97 Å². The number of nitrogens with two attached hydrogens (primary N) is 1. The van der Waals surface area contributed by atoms with Crippen molar-refractivity contribution in [3.05, 3.63) is 89.4 Å². The summed E-state index contributed by atoms with van der Waals surface area (Å²) in [6, 6.07) is 17.3. The van der Waals surface area contributed by atoms with E-state index in [2.05, 4.69) is 0 Å². The van der Waals surface area contributed by atoms with E-state index in [4.69, 9.17) is 20.0 Å². The van der Waals surface area contributed by atoms with Crippen molar-refractivity contribution < 1.29 is 23.4 Å². The minimum Gasteiger partial charge on any atom is -0.489 e. The second-order valence-corrected chi connectivity index (χ2v) is 7.45. The summed E-state index contributed by atoms with van der Waals surface area (Å²) < 4.78 is 26.8. The number of rotatable bonds is 7. The Morgan fingerprint density at radius 1 is 1.13 bits per heavy atom. The molecule has 0 aliphatic rings. The van der Waals surface area contributed by atoms with E-state index in [1.165, 1.54) is 0 Å². The Labute approximate surface area is 178 Å². The number of halogens is 1. The average Bonchev–Trinajstić information content (AvgIpc) is 3.21. The first-order chi connectivity index (χ1) is 14.9. The number of ether oxygens (including phenoxy) is 1. The molecular weight excluding hydrogens is 397 g/mol. The summed E-state index contributed by atoms with van der Waals surface area (Å²) in [5.74, 6) is -0.799. The number of furan rings is 1. The number of carboxylic acid groups (broad SMARTS) is 1. The zero-order valence-electron chi connectivity index (χ0n) is 17.0. The Hall–Kier alpha value is -3.64. The highest BCUT2D eigenvalue weighted by Gasteiger charge is 2.17. The quantitative estimate of drug-likeness (QED) is 0.415. The highest BCUT2D eigenvalue weighted by Crippen LogP contribution is 2.35. The molecule has 4 aromatic rings. The van der Waals surface area contributed by atoms with E-state index in [-0.39, 0.29) is 18.8 Å². The Kier molecular flexibility index (Phi) is 5.73. The van der Waals surface area contributed by atoms with E-state index < -0.39 is 12.0 Å². The van der Waals surface area contributed by atoms with Gasteiger partial charge in [0.2, 0.25) is 0 Å². The van der Waals surface area contributed by atoms with Crippen molar-refractivity contribution in [2.45, 2.75) is 26.0 Å². The molecule has 1 heterocycles. The predicted molar refractivity (Wildman–Crippen MR) is 116 cm³/mol. The largest absolute Gasteiger partial charge is 0.489 e. The second kappa shape index (κ2) is 8.62. The van der Waals surface area contributed by atoms with Gasteiger partial charge in [-0.3, -0.25) is 4.79 Å². The fourth-order valence-electron chi connectivity index (χ4n) is 3.65. The molecule has 158 valence electrons. The van der Waals surface area contributed by atoms with Crippen molar-refractivity contribution in [1.29, 1.82) is 0 Å². The molecule has 3 N–H and O–H groups in total. The van der Waals surface area contributed by atoms with Crippen LogP contribution < -0.4 is 10.5 Å². The van der Waals surface area contributed by atoms with Crippen molar-refractivity contribution in [1.82, 2.24) is 0 Å². The number of fused-ring (bicyclic) bond motifs is 1. The van der Waals surface area contributed by atoms with Crippen molar-refractivity contribution >= 4 is 16.9 Å². The number of hydrogen-bond acceptors (Lipinski definition) is 4. The lowest BCUT2D eigenvalue weighted by Gasteiger charge is -2.14. The monoisotopic (exact) mass is 419 g/mol. The molecule has 0 fully saturated rings. The van der Waals surface area contributed by atoms with Gasteiger partial charge in [0.25, 0.3) is 0 Å². The van der Waals surface area contributed by atoms with Crippen LogP contribution in [0.3, 0.4) is 0 Å². The van der Waals surface area contributed by atoms with E-state index in [0.717, 1.165) is 10.9 Å². The Morgan fingerprint density at radius 3 is 2.71 bits per heavy atom. The molecule has 0 aliphatic carbocycles. The summed E-state index contributed by atoms with van der Waals surface area (Å²) >= 11 is 0. The molecule has 0 saturated heterocycles. The number of benzene rings is 3. The number of aliphatic carboxylic acids is 1. The topological polar surface area (TPSA) is 85.7 Å². The van der Waals surface area contributed by atoms with Crippen molar-refractivity contribution in [3.8, 4) is 16.9 Å². The van der Waals surface area contributed by atoms with Gasteiger partial charge < -0.3 is 20.0 Å². The van der Waals surface area contributed by atoms with Crippen LogP contribution in [0.5, 0.6) is 5.75 Å². The molecular formula is C25H22FNO4. The fraction of sp³-hybridized carbons (Fsp3) is 0.160. The predicted octanol–water partition coefficient (Wildman–Crippen LogP) is 5.46. The van der Waals surface area contributed by atoms with Gasteiger partial charge in [-0.15, -0.1) is 0 Å². The summed E-state index contributed by atoms with van der Waals surface area (Å²) in [4.78, 5) is 11.1. The smallest absolute Gasteiger partial charge is 0.307 e. The minimum absolute atomic E-state index is 0.128. The normalized spacial score (nSPS) is 12.1. The zero-order valence-corrected chi connectivity index (χ0v) is 17.0. The van der Waals surface area contributed by atoms with Crippen LogP contribution in [-0.2, 0) is 17.8 Å². The van der Waals surface area contributed by atoms with Crippen molar-refractivity contribution in [2.24, 2.45) is 5.73 Å². The van der Waals surface area contributed by atoms with Crippen molar-refractivity contribution in [2.75, 3.05) is 0 Å². The van der Waals surface area contributed by atoms with Crippen LogP contribution in [0.4, 0.5) is 4.39 Å². The molecule has 3 aromatic carbocycles. The highest BCUT2D eigenvalue weighted by molar-refractivity contribution is 5.93. The van der Waals surface area contributed by atoms with Crippen LogP contribution in [0.2, 0.25) is 0 Å². The van der Waals surface area contributed by atoms with Crippen molar-refractivity contribution in [3.63, 3.8) is 0 Å². The first-order valence-electron chi connectivity index (χ1n) is 9.91. The van der Waals surface area contributed by atoms with Crippen LogP contribution in [0.15, 0.2) is 71.3 Å². The molecule has 1 atom stereocenters. The van der Waals surface area contributed by atoms with Gasteiger partial charge in [-0.05, 0) is 36.8 Å². The molecule has 0 radical (unpaired) electrons. The maximum Gasteiger partial charge on any atom is 0.307 e. The van der Waals surface area contributed by atoms with Crippen LogP contribution >= 0.6 is 0 Å². The minimum atomic E-state index is -0.928. The van der Waals surface area contributed by atoms with Gasteiger partial charge in [0.15, 0.2) is 0 Å². The standard InChI is InChI=1S/C25H22FNO4/c1-15(27)19-6-4-7-20(24(19)26)21-12-16(11-18-9-10-30-25(18)21)14-31-22-8-3-2-5-17(22)13-23(28)29/h2-12,15H,13-14,27H2,1H3,(H,28,29)/t15-/m0/s1. The fourth-order valence-corrected chi connectivity index (χ4v) is 3.65. The molecule has 0 aliphatic heterocycles. The molecule has 0 saturated carbocycles. The summed E-state index contributed by atoms with van der Waals surface area (Å²) in [6.45, 7) is 1.93. The lowest BCUT2D eigenvalue weighted by Crippen LogP contribution is -2.08. The third-order valence-corrected chi connectivity index (χ3v) is 5.13. The lowest BCUT2D eigenvalue weighted by molar-refractivity contribution is -0.136. The molecule has 0 amide bonds. The van der Waals surface area contributed by atoms with Gasteiger partial charge in [-0.25, -0.2) is 4.39 Å². The van der Waals surface area contributed by atoms with E-state index in [9.17, 15) is 4.79 Å². The van der Waals surface area contributed by atoms with E-state index >= 15 is 4.39 Å². The highest BCUT2D eigenvalue weighted by atomic mass is 19.1. The number of carboxylic acids is 1.